The average Bonchev–Trinajstić information content (AvgIpc) is 2.70. The fourth-order valence-corrected chi connectivity index (χ4v) is 2.86. The molecule has 0 aliphatic carbocycles. The standard InChI is InChI=1S/C21H20FNO5S/c1-13(24)23-15-5-8-17(18(22)11-15)20(26)12-28-21(27)10-9-19(25)14-3-6-16(29-2)7-4-14/h3-8,11H,9-10,12H2,1-2H3,(H,23,24). The van der Waals surface area contributed by atoms with E-state index in [9.17, 15) is 23.6 Å². The Kier molecular flexibility index (Phi) is 8.09. The number of nitrogens with one attached hydrogen (secondary N) is 1. The van der Waals surface area contributed by atoms with Crippen LogP contribution in [0.4, 0.5) is 10.1 Å². The molecule has 29 heavy (non-hydrogen) atoms. The molecule has 0 atom stereocenters. The summed E-state index contributed by atoms with van der Waals surface area (Å²) in [7, 11) is 0. The van der Waals surface area contributed by atoms with Crippen LogP contribution in [0, 0.1) is 5.82 Å². The van der Waals surface area contributed by atoms with E-state index in [0.717, 1.165) is 11.0 Å². The summed E-state index contributed by atoms with van der Waals surface area (Å²) in [5, 5.41) is 2.40. The van der Waals surface area contributed by atoms with Crippen molar-refractivity contribution in [3.63, 3.8) is 0 Å². The number of carbonyl (C=O) groups is 4. The molecule has 0 aliphatic heterocycles. The normalized spacial score (nSPS) is 10.3. The highest BCUT2D eigenvalue weighted by atomic mass is 32.2. The maximum Gasteiger partial charge on any atom is 0.306 e. The second-order valence-electron chi connectivity index (χ2n) is 6.11. The lowest BCUT2D eigenvalue weighted by molar-refractivity contribution is -0.142. The van der Waals surface area contributed by atoms with Crippen molar-refractivity contribution in [1.29, 1.82) is 0 Å². The zero-order valence-electron chi connectivity index (χ0n) is 16.0. The van der Waals surface area contributed by atoms with Gasteiger partial charge >= 0.3 is 5.97 Å². The lowest BCUT2D eigenvalue weighted by Crippen LogP contribution is -2.16. The van der Waals surface area contributed by atoms with Gasteiger partial charge < -0.3 is 10.1 Å². The Morgan fingerprint density at radius 1 is 1.00 bits per heavy atom. The second-order valence-corrected chi connectivity index (χ2v) is 6.99. The monoisotopic (exact) mass is 417 g/mol. The number of ether oxygens (including phenoxy) is 1. The fraction of sp³-hybridized carbons (Fsp3) is 0.238. The summed E-state index contributed by atoms with van der Waals surface area (Å²) >= 11 is 1.56. The van der Waals surface area contributed by atoms with Crippen molar-refractivity contribution in [2.75, 3.05) is 18.2 Å². The van der Waals surface area contributed by atoms with Crippen LogP contribution in [0.25, 0.3) is 0 Å². The quantitative estimate of drug-likeness (QED) is 0.378. The summed E-state index contributed by atoms with van der Waals surface area (Å²) in [5.41, 5.74) is 0.456. The van der Waals surface area contributed by atoms with Gasteiger partial charge in [0.25, 0.3) is 0 Å². The number of amides is 1. The first-order valence-corrected chi connectivity index (χ1v) is 9.96. The smallest absolute Gasteiger partial charge is 0.306 e. The van der Waals surface area contributed by atoms with Gasteiger partial charge in [0.1, 0.15) is 5.82 Å². The van der Waals surface area contributed by atoms with E-state index in [-0.39, 0.29) is 35.8 Å². The van der Waals surface area contributed by atoms with Gasteiger partial charge in [-0.2, -0.15) is 0 Å². The number of carbonyl (C=O) groups excluding carboxylic acids is 4. The molecule has 0 fully saturated rings. The molecule has 2 rings (SSSR count). The molecule has 0 aliphatic rings. The molecular formula is C21H20FNO5S. The maximum absolute atomic E-state index is 14.0. The van der Waals surface area contributed by atoms with E-state index >= 15 is 0 Å². The molecule has 0 bridgehead atoms. The summed E-state index contributed by atoms with van der Waals surface area (Å²) in [6.45, 7) is 0.645. The number of rotatable bonds is 9. The minimum atomic E-state index is -0.832. The average molecular weight is 417 g/mol. The highest BCUT2D eigenvalue weighted by Gasteiger charge is 2.16. The van der Waals surface area contributed by atoms with Crippen LogP contribution in [-0.2, 0) is 14.3 Å². The van der Waals surface area contributed by atoms with Gasteiger partial charge in [0.15, 0.2) is 12.4 Å². The van der Waals surface area contributed by atoms with Gasteiger partial charge in [-0.05, 0) is 36.6 Å². The molecule has 2 aromatic rings. The van der Waals surface area contributed by atoms with Gasteiger partial charge in [-0.1, -0.05) is 12.1 Å². The highest BCUT2D eigenvalue weighted by molar-refractivity contribution is 7.98. The van der Waals surface area contributed by atoms with Crippen molar-refractivity contribution >= 4 is 40.9 Å². The van der Waals surface area contributed by atoms with Gasteiger partial charge in [-0.25, -0.2) is 4.39 Å². The lowest BCUT2D eigenvalue weighted by Gasteiger charge is -2.07. The van der Waals surface area contributed by atoms with Crippen LogP contribution in [0.1, 0.15) is 40.5 Å². The number of benzene rings is 2. The molecular weight excluding hydrogens is 397 g/mol. The highest BCUT2D eigenvalue weighted by Crippen LogP contribution is 2.17. The second kappa shape index (κ2) is 10.5. The Hall–Kier alpha value is -3.00. The van der Waals surface area contributed by atoms with Crippen LogP contribution in [0.5, 0.6) is 0 Å². The Morgan fingerprint density at radius 3 is 2.28 bits per heavy atom. The van der Waals surface area contributed by atoms with Crippen LogP contribution in [0.3, 0.4) is 0 Å². The molecule has 0 saturated heterocycles. The van der Waals surface area contributed by atoms with Crippen LogP contribution in [-0.4, -0.2) is 36.3 Å². The van der Waals surface area contributed by atoms with Crippen molar-refractivity contribution in [1.82, 2.24) is 0 Å². The van der Waals surface area contributed by atoms with E-state index in [4.69, 9.17) is 4.74 Å². The number of hydrogen-bond donors (Lipinski definition) is 1. The molecule has 1 amide bonds. The minimum absolute atomic E-state index is 0.0502. The SMILES string of the molecule is CSc1ccc(C(=O)CCC(=O)OCC(=O)c2ccc(NC(C)=O)cc2F)cc1. The first-order chi connectivity index (χ1) is 13.8. The van der Waals surface area contributed by atoms with Crippen LogP contribution >= 0.6 is 11.8 Å². The Balaban J connectivity index is 1.83. The lowest BCUT2D eigenvalue weighted by atomic mass is 10.1. The molecule has 0 unspecified atom stereocenters. The summed E-state index contributed by atoms with van der Waals surface area (Å²) < 4.78 is 18.9. The molecule has 0 saturated carbocycles. The first-order valence-electron chi connectivity index (χ1n) is 8.73. The minimum Gasteiger partial charge on any atom is -0.457 e. The number of halogens is 1. The van der Waals surface area contributed by atoms with Gasteiger partial charge in [-0.3, -0.25) is 19.2 Å². The summed E-state index contributed by atoms with van der Waals surface area (Å²) in [4.78, 5) is 47.9. The Morgan fingerprint density at radius 2 is 1.69 bits per heavy atom. The maximum atomic E-state index is 14.0. The fourth-order valence-electron chi connectivity index (χ4n) is 2.46. The van der Waals surface area contributed by atoms with Crippen molar-refractivity contribution in [3.8, 4) is 0 Å². The van der Waals surface area contributed by atoms with E-state index in [1.807, 2.05) is 18.4 Å². The van der Waals surface area contributed by atoms with Gasteiger partial charge in [0.05, 0.1) is 12.0 Å². The molecule has 1 N–H and O–H groups in total. The molecule has 8 heteroatoms. The van der Waals surface area contributed by atoms with E-state index in [0.29, 0.717) is 5.56 Å². The van der Waals surface area contributed by atoms with Crippen molar-refractivity contribution < 1.29 is 28.3 Å². The van der Waals surface area contributed by atoms with Crippen molar-refractivity contribution in [2.45, 2.75) is 24.7 Å². The Labute approximate surface area is 171 Å². The van der Waals surface area contributed by atoms with E-state index in [1.165, 1.54) is 19.1 Å². The van der Waals surface area contributed by atoms with Crippen molar-refractivity contribution in [3.05, 3.63) is 59.4 Å². The molecule has 0 aromatic heterocycles. The number of thioether (sulfide) groups is 1. The zero-order valence-corrected chi connectivity index (χ0v) is 16.8. The van der Waals surface area contributed by atoms with Gasteiger partial charge in [0.2, 0.25) is 11.7 Å². The summed E-state index contributed by atoms with van der Waals surface area (Å²) in [5.74, 6) is -2.85. The van der Waals surface area contributed by atoms with Crippen LogP contribution < -0.4 is 5.32 Å². The zero-order chi connectivity index (χ0) is 21.4. The number of hydrogen-bond acceptors (Lipinski definition) is 6. The molecule has 6 nitrogen and oxygen atoms in total. The molecule has 2 aromatic carbocycles. The summed E-state index contributed by atoms with van der Waals surface area (Å²) in [6.07, 6.45) is 1.70. The topological polar surface area (TPSA) is 89.5 Å². The largest absolute Gasteiger partial charge is 0.457 e. The predicted octanol–water partition coefficient (Wildman–Crippen LogP) is 3.90. The third-order valence-electron chi connectivity index (χ3n) is 3.92. The third-order valence-corrected chi connectivity index (χ3v) is 4.67. The molecule has 0 heterocycles. The van der Waals surface area contributed by atoms with E-state index < -0.39 is 24.2 Å². The predicted molar refractivity (Wildman–Crippen MR) is 108 cm³/mol. The molecule has 152 valence electrons. The van der Waals surface area contributed by atoms with E-state index in [2.05, 4.69) is 5.32 Å². The van der Waals surface area contributed by atoms with Crippen molar-refractivity contribution in [2.24, 2.45) is 0 Å². The van der Waals surface area contributed by atoms with Crippen LogP contribution in [0.15, 0.2) is 47.4 Å². The Bertz CT molecular complexity index is 927. The summed E-state index contributed by atoms with van der Waals surface area (Å²) in [6, 6.07) is 10.6. The number of ketones is 2. The van der Waals surface area contributed by atoms with E-state index in [1.54, 1.807) is 23.9 Å². The first kappa shape index (κ1) is 22.3. The molecule has 0 spiro atoms. The van der Waals surface area contributed by atoms with Gasteiger partial charge in [0, 0.05) is 29.5 Å². The van der Waals surface area contributed by atoms with Gasteiger partial charge in [-0.15, -0.1) is 11.8 Å². The number of anilines is 1. The number of Topliss-reactive ketones (excluding diaryl/α,β-unsaturated/α-hetero) is 2. The molecule has 0 radical (unpaired) electrons. The van der Waals surface area contributed by atoms with Crippen LogP contribution in [0.2, 0.25) is 0 Å². The third kappa shape index (κ3) is 6.83. The number of esters is 1.